The van der Waals surface area contributed by atoms with Gasteiger partial charge >= 0.3 is 0 Å². The molecule has 0 unspecified atom stereocenters. The van der Waals surface area contributed by atoms with Gasteiger partial charge in [0.15, 0.2) is 0 Å². The average molecular weight is 144 g/mol. The summed E-state index contributed by atoms with van der Waals surface area (Å²) in [4.78, 5) is 6.04. The molecule has 0 bridgehead atoms. The molecule has 0 N–H and O–H groups in total. The summed E-state index contributed by atoms with van der Waals surface area (Å²) in [6.45, 7) is 0. The summed E-state index contributed by atoms with van der Waals surface area (Å²) in [5.41, 5.74) is 1.09. The van der Waals surface area contributed by atoms with Crippen molar-refractivity contribution in [1.82, 2.24) is 4.90 Å². The predicted molar refractivity (Wildman–Crippen MR) is 45.8 cm³/mol. The van der Waals surface area contributed by atoms with Gasteiger partial charge in [-0.2, -0.15) is 0 Å². The van der Waals surface area contributed by atoms with E-state index in [-0.39, 0.29) is 0 Å². The molecular weight excluding hydrogens is 136 g/mol. The molecule has 0 aromatic rings. The van der Waals surface area contributed by atoms with Crippen molar-refractivity contribution in [3.05, 3.63) is 48.6 Å². The maximum absolute atomic E-state index is 4.02. The first kappa shape index (κ1) is 6.16. The Balaban J connectivity index is 2.39. The highest BCUT2D eigenvalue weighted by molar-refractivity contribution is 5.80. The van der Waals surface area contributed by atoms with Crippen molar-refractivity contribution in [2.24, 2.45) is 4.99 Å². The average Bonchev–Trinajstić information content (AvgIpc) is 2.28. The summed E-state index contributed by atoms with van der Waals surface area (Å²) < 4.78 is 0. The second-order valence-electron chi connectivity index (χ2n) is 2.30. The number of hydrogen-bond acceptors (Lipinski definition) is 2. The second-order valence-corrected chi connectivity index (χ2v) is 2.30. The van der Waals surface area contributed by atoms with Gasteiger partial charge in [0, 0.05) is 18.6 Å². The lowest BCUT2D eigenvalue weighted by molar-refractivity contribution is 0.659. The quantitative estimate of drug-likeness (QED) is 0.506. The van der Waals surface area contributed by atoms with Crippen molar-refractivity contribution in [3.63, 3.8) is 0 Å². The molecule has 0 aromatic heterocycles. The summed E-state index contributed by atoms with van der Waals surface area (Å²) >= 11 is 0. The Kier molecular flexibility index (Phi) is 1.44. The van der Waals surface area contributed by atoms with Gasteiger partial charge in [-0.05, 0) is 12.2 Å². The van der Waals surface area contributed by atoms with Crippen molar-refractivity contribution in [1.29, 1.82) is 0 Å². The van der Waals surface area contributed by atoms with Crippen molar-refractivity contribution in [2.45, 2.75) is 0 Å². The normalized spacial score (nSPS) is 19.6. The summed E-state index contributed by atoms with van der Waals surface area (Å²) in [6.07, 6.45) is 15.5. The standard InChI is InChI=1S/C9H8N2/c1-2-4-9-8-10-5-7-11(9)6-3-1/h1-8H. The van der Waals surface area contributed by atoms with Gasteiger partial charge in [-0.25, -0.2) is 0 Å². The van der Waals surface area contributed by atoms with Crippen molar-refractivity contribution < 1.29 is 0 Å². The Morgan fingerprint density at radius 1 is 1.09 bits per heavy atom. The highest BCUT2D eigenvalue weighted by Crippen LogP contribution is 2.10. The summed E-state index contributed by atoms with van der Waals surface area (Å²) in [5.74, 6) is 0. The number of fused-ring (bicyclic) bond motifs is 1. The molecule has 0 aromatic carbocycles. The van der Waals surface area contributed by atoms with Crippen molar-refractivity contribution in [3.8, 4) is 0 Å². The zero-order chi connectivity index (χ0) is 7.52. The molecule has 2 heteroatoms. The topological polar surface area (TPSA) is 15.6 Å². The molecule has 0 saturated carbocycles. The summed E-state index contributed by atoms with van der Waals surface area (Å²) in [7, 11) is 0. The van der Waals surface area contributed by atoms with Crippen LogP contribution in [0, 0.1) is 0 Å². The van der Waals surface area contributed by atoms with Gasteiger partial charge in [0.2, 0.25) is 0 Å². The van der Waals surface area contributed by atoms with Gasteiger partial charge in [-0.15, -0.1) is 0 Å². The zero-order valence-corrected chi connectivity index (χ0v) is 6.01. The first-order chi connectivity index (χ1) is 5.47. The van der Waals surface area contributed by atoms with E-state index < -0.39 is 0 Å². The van der Waals surface area contributed by atoms with Crippen LogP contribution in [0.3, 0.4) is 0 Å². The molecule has 0 saturated heterocycles. The van der Waals surface area contributed by atoms with Gasteiger partial charge in [-0.3, -0.25) is 4.99 Å². The molecule has 2 aliphatic rings. The van der Waals surface area contributed by atoms with Crippen LogP contribution in [0.4, 0.5) is 0 Å². The Morgan fingerprint density at radius 2 is 2.09 bits per heavy atom. The minimum absolute atomic E-state index is 1.09. The first-order valence-electron chi connectivity index (χ1n) is 3.50. The van der Waals surface area contributed by atoms with Crippen LogP contribution >= 0.6 is 0 Å². The van der Waals surface area contributed by atoms with Gasteiger partial charge in [0.1, 0.15) is 0 Å². The van der Waals surface area contributed by atoms with E-state index in [1.807, 2.05) is 47.8 Å². The molecule has 2 rings (SSSR count). The molecule has 0 amide bonds. The molecule has 0 aliphatic carbocycles. The summed E-state index contributed by atoms with van der Waals surface area (Å²) in [5, 5.41) is 0. The van der Waals surface area contributed by atoms with E-state index in [2.05, 4.69) is 4.99 Å². The lowest BCUT2D eigenvalue weighted by Gasteiger charge is -2.16. The van der Waals surface area contributed by atoms with Crippen LogP contribution in [0.2, 0.25) is 0 Å². The molecule has 0 spiro atoms. The third kappa shape index (κ3) is 1.15. The molecule has 11 heavy (non-hydrogen) atoms. The van der Waals surface area contributed by atoms with E-state index in [9.17, 15) is 0 Å². The molecule has 2 nitrogen and oxygen atoms in total. The molecule has 54 valence electrons. The fourth-order valence-corrected chi connectivity index (χ4v) is 1.01. The van der Waals surface area contributed by atoms with E-state index >= 15 is 0 Å². The van der Waals surface area contributed by atoms with Crippen LogP contribution in [0.15, 0.2) is 53.6 Å². The number of allylic oxidation sites excluding steroid dienone is 5. The van der Waals surface area contributed by atoms with Gasteiger partial charge < -0.3 is 4.90 Å². The third-order valence-corrected chi connectivity index (χ3v) is 1.55. The second kappa shape index (κ2) is 2.58. The van der Waals surface area contributed by atoms with Crippen LogP contribution in [-0.2, 0) is 0 Å². The molecule has 0 fully saturated rings. The molecule has 2 aliphatic heterocycles. The molecule has 0 atom stereocenters. The van der Waals surface area contributed by atoms with Crippen LogP contribution < -0.4 is 0 Å². The van der Waals surface area contributed by atoms with Crippen LogP contribution in [-0.4, -0.2) is 11.1 Å². The number of rotatable bonds is 0. The maximum Gasteiger partial charge on any atom is 0.0633 e. The van der Waals surface area contributed by atoms with Gasteiger partial charge in [-0.1, -0.05) is 12.2 Å². The SMILES string of the molecule is C1=CC=C2C=NC=CN2C=C1. The lowest BCUT2D eigenvalue weighted by Crippen LogP contribution is -2.11. The highest BCUT2D eigenvalue weighted by Gasteiger charge is 2.02. The van der Waals surface area contributed by atoms with Crippen LogP contribution in [0.5, 0.6) is 0 Å². The van der Waals surface area contributed by atoms with Crippen molar-refractivity contribution in [2.75, 3.05) is 0 Å². The largest absolute Gasteiger partial charge is 0.321 e. The minimum atomic E-state index is 1.09. The van der Waals surface area contributed by atoms with E-state index in [1.54, 1.807) is 6.20 Å². The molecular formula is C9H8N2. The van der Waals surface area contributed by atoms with E-state index in [0.29, 0.717) is 0 Å². The smallest absolute Gasteiger partial charge is 0.0633 e. The Morgan fingerprint density at radius 3 is 3.09 bits per heavy atom. The Labute approximate surface area is 65.5 Å². The van der Waals surface area contributed by atoms with E-state index in [0.717, 1.165) is 5.70 Å². The van der Waals surface area contributed by atoms with E-state index in [4.69, 9.17) is 0 Å². The monoisotopic (exact) mass is 144 g/mol. The lowest BCUT2D eigenvalue weighted by atomic mass is 10.3. The predicted octanol–water partition coefficient (Wildman–Crippen LogP) is 1.81. The van der Waals surface area contributed by atoms with Crippen molar-refractivity contribution >= 4 is 6.21 Å². The molecule has 0 radical (unpaired) electrons. The maximum atomic E-state index is 4.02. The van der Waals surface area contributed by atoms with Crippen LogP contribution in [0.25, 0.3) is 0 Å². The number of aliphatic imine (C=N–C) groups is 1. The Bertz CT molecular complexity index is 293. The van der Waals surface area contributed by atoms with E-state index in [1.165, 1.54) is 0 Å². The number of hydrogen-bond donors (Lipinski definition) is 0. The fourth-order valence-electron chi connectivity index (χ4n) is 1.01. The Hall–Kier alpha value is -1.57. The number of nitrogens with zero attached hydrogens (tertiary/aromatic N) is 2. The minimum Gasteiger partial charge on any atom is -0.321 e. The van der Waals surface area contributed by atoms with Gasteiger partial charge in [0.25, 0.3) is 0 Å². The highest BCUT2D eigenvalue weighted by atomic mass is 15.1. The first-order valence-corrected chi connectivity index (χ1v) is 3.50. The van der Waals surface area contributed by atoms with Gasteiger partial charge in [0.05, 0.1) is 11.9 Å². The summed E-state index contributed by atoms with van der Waals surface area (Å²) in [6, 6.07) is 0. The fraction of sp³-hybridized carbons (Fsp3) is 0. The zero-order valence-electron chi connectivity index (χ0n) is 6.01. The third-order valence-electron chi connectivity index (χ3n) is 1.55. The van der Waals surface area contributed by atoms with Crippen LogP contribution in [0.1, 0.15) is 0 Å². The molecule has 2 heterocycles.